The van der Waals surface area contributed by atoms with E-state index >= 15 is 0 Å². The van der Waals surface area contributed by atoms with Crippen LogP contribution in [-0.2, 0) is 22.7 Å². The standard InChI is InChI=1S/C25H34F3N3O4S/c1-5-23-30-20(24(32)29-14-17-6-9-19(10-7-17)36(4,33)34)15-31(23)21-11-8-18(13-22(21)35-3)12-16(2)25(26,27)28/h8,11,13,15-17,19H,5-7,9-10,12,14H2,1-4H3,(H,29,32)/t16-,17?,19?/m0/s1. The summed E-state index contributed by atoms with van der Waals surface area (Å²) in [6, 6.07) is 4.90. The molecule has 200 valence electrons. The Morgan fingerprint density at radius 2 is 1.92 bits per heavy atom. The molecule has 0 radical (unpaired) electrons. The number of carbonyl (C=O) groups is 1. The van der Waals surface area contributed by atoms with Crippen LogP contribution in [0.2, 0.25) is 0 Å². The van der Waals surface area contributed by atoms with E-state index in [1.807, 2.05) is 6.92 Å². The van der Waals surface area contributed by atoms with Gasteiger partial charge in [0.15, 0.2) is 0 Å². The molecule has 1 aromatic carbocycles. The molecule has 1 heterocycles. The summed E-state index contributed by atoms with van der Waals surface area (Å²) in [5.41, 5.74) is 1.32. The van der Waals surface area contributed by atoms with Crippen molar-refractivity contribution in [3.63, 3.8) is 0 Å². The summed E-state index contributed by atoms with van der Waals surface area (Å²) in [6.45, 7) is 3.49. The first-order valence-electron chi connectivity index (χ1n) is 12.1. The Morgan fingerprint density at radius 1 is 1.25 bits per heavy atom. The van der Waals surface area contributed by atoms with Gasteiger partial charge in [0.25, 0.3) is 5.91 Å². The normalized spacial score (nSPS) is 19.6. The fraction of sp³-hybridized carbons (Fsp3) is 0.600. The van der Waals surface area contributed by atoms with Crippen LogP contribution in [0.5, 0.6) is 5.75 Å². The SMILES string of the molecule is CCc1nc(C(=O)NCC2CCC(S(C)(=O)=O)CC2)cn1-c1ccc(C[C@H](C)C(F)(F)F)cc1OC. The van der Waals surface area contributed by atoms with E-state index in [1.165, 1.54) is 13.4 Å². The van der Waals surface area contributed by atoms with Gasteiger partial charge in [0.1, 0.15) is 27.1 Å². The average molecular weight is 530 g/mol. The molecule has 1 N–H and O–H groups in total. The van der Waals surface area contributed by atoms with Gasteiger partial charge < -0.3 is 10.1 Å². The fourth-order valence-corrected chi connectivity index (χ4v) is 5.72. The Hall–Kier alpha value is -2.56. The van der Waals surface area contributed by atoms with E-state index in [0.717, 1.165) is 19.8 Å². The Bertz CT molecular complexity index is 1170. The van der Waals surface area contributed by atoms with E-state index in [0.29, 0.717) is 48.6 Å². The zero-order valence-electron chi connectivity index (χ0n) is 21.1. The second-order valence-electron chi connectivity index (χ2n) is 9.60. The van der Waals surface area contributed by atoms with Crippen molar-refractivity contribution < 1.29 is 31.1 Å². The predicted molar refractivity (Wildman–Crippen MR) is 131 cm³/mol. The second-order valence-corrected chi connectivity index (χ2v) is 11.9. The van der Waals surface area contributed by atoms with Gasteiger partial charge in [-0.25, -0.2) is 13.4 Å². The van der Waals surface area contributed by atoms with Crippen LogP contribution in [0.1, 0.15) is 61.4 Å². The number of amides is 1. The van der Waals surface area contributed by atoms with Crippen molar-refractivity contribution in [2.45, 2.75) is 63.8 Å². The number of sulfone groups is 1. The summed E-state index contributed by atoms with van der Waals surface area (Å²) in [4.78, 5) is 17.3. The lowest BCUT2D eigenvalue weighted by Crippen LogP contribution is -2.34. The molecule has 0 bridgehead atoms. The zero-order chi connectivity index (χ0) is 26.7. The van der Waals surface area contributed by atoms with E-state index in [-0.39, 0.29) is 29.2 Å². The third kappa shape index (κ3) is 6.80. The number of hydrogen-bond donors (Lipinski definition) is 1. The van der Waals surface area contributed by atoms with E-state index < -0.39 is 21.9 Å². The van der Waals surface area contributed by atoms with E-state index in [2.05, 4.69) is 10.3 Å². The molecule has 0 saturated heterocycles. The largest absolute Gasteiger partial charge is 0.495 e. The van der Waals surface area contributed by atoms with Crippen molar-refractivity contribution in [1.82, 2.24) is 14.9 Å². The van der Waals surface area contributed by atoms with Gasteiger partial charge in [-0.1, -0.05) is 19.9 Å². The highest BCUT2D eigenvalue weighted by Crippen LogP contribution is 2.32. The Kier molecular flexibility index (Phi) is 8.74. The van der Waals surface area contributed by atoms with Crippen LogP contribution in [0.15, 0.2) is 24.4 Å². The Labute approximate surface area is 210 Å². The molecule has 36 heavy (non-hydrogen) atoms. The first kappa shape index (κ1) is 28.0. The highest BCUT2D eigenvalue weighted by atomic mass is 32.2. The first-order chi connectivity index (χ1) is 16.8. The number of halogens is 3. The lowest BCUT2D eigenvalue weighted by atomic mass is 9.89. The van der Waals surface area contributed by atoms with Gasteiger partial charge >= 0.3 is 6.18 Å². The lowest BCUT2D eigenvalue weighted by molar-refractivity contribution is -0.169. The van der Waals surface area contributed by atoms with Gasteiger partial charge in [0, 0.05) is 25.4 Å². The molecule has 1 atom stereocenters. The number of alkyl halides is 3. The van der Waals surface area contributed by atoms with Crippen molar-refractivity contribution in [2.24, 2.45) is 11.8 Å². The van der Waals surface area contributed by atoms with Crippen LogP contribution in [0.3, 0.4) is 0 Å². The monoisotopic (exact) mass is 529 g/mol. The van der Waals surface area contributed by atoms with Crippen LogP contribution in [-0.4, -0.2) is 55.2 Å². The van der Waals surface area contributed by atoms with Gasteiger partial charge in [-0.15, -0.1) is 0 Å². The lowest BCUT2D eigenvalue weighted by Gasteiger charge is -2.27. The van der Waals surface area contributed by atoms with Gasteiger partial charge in [-0.3, -0.25) is 9.36 Å². The van der Waals surface area contributed by atoms with Gasteiger partial charge in [0.2, 0.25) is 0 Å². The molecule has 2 aromatic rings. The van der Waals surface area contributed by atoms with Crippen LogP contribution >= 0.6 is 0 Å². The molecule has 3 rings (SSSR count). The molecule has 0 aliphatic heterocycles. The summed E-state index contributed by atoms with van der Waals surface area (Å²) in [5.74, 6) is -0.592. The number of rotatable bonds is 9. The number of carbonyl (C=O) groups excluding carboxylic acids is 1. The minimum Gasteiger partial charge on any atom is -0.495 e. The summed E-state index contributed by atoms with van der Waals surface area (Å²) < 4.78 is 69.6. The molecular formula is C25H34F3N3O4S. The molecule has 1 aliphatic rings. The van der Waals surface area contributed by atoms with Gasteiger partial charge in [0.05, 0.1) is 24.0 Å². The maximum absolute atomic E-state index is 13.0. The minimum absolute atomic E-state index is 0.162. The maximum atomic E-state index is 13.0. The third-order valence-electron chi connectivity index (χ3n) is 6.88. The molecule has 0 spiro atoms. The molecule has 1 aromatic heterocycles. The Morgan fingerprint density at radius 3 is 2.47 bits per heavy atom. The number of imidazole rings is 1. The topological polar surface area (TPSA) is 90.3 Å². The van der Waals surface area contributed by atoms with Crippen LogP contribution < -0.4 is 10.1 Å². The summed E-state index contributed by atoms with van der Waals surface area (Å²) in [5, 5.41) is 2.61. The molecule has 11 heteroatoms. The minimum atomic E-state index is -4.28. The number of hydrogen-bond acceptors (Lipinski definition) is 5. The summed E-state index contributed by atoms with van der Waals surface area (Å²) >= 11 is 0. The average Bonchev–Trinajstić information content (AvgIpc) is 3.26. The third-order valence-corrected chi connectivity index (χ3v) is 8.57. The summed E-state index contributed by atoms with van der Waals surface area (Å²) in [6.07, 6.45) is 1.64. The molecule has 0 unspecified atom stereocenters. The number of methoxy groups -OCH3 is 1. The van der Waals surface area contributed by atoms with Gasteiger partial charge in [-0.05, 0) is 55.7 Å². The molecule has 1 amide bonds. The molecular weight excluding hydrogens is 495 g/mol. The maximum Gasteiger partial charge on any atom is 0.391 e. The number of ether oxygens (including phenoxy) is 1. The Balaban J connectivity index is 1.71. The zero-order valence-corrected chi connectivity index (χ0v) is 21.9. The van der Waals surface area contributed by atoms with Crippen molar-refractivity contribution in [3.05, 3.63) is 41.5 Å². The van der Waals surface area contributed by atoms with E-state index in [4.69, 9.17) is 4.74 Å². The van der Waals surface area contributed by atoms with E-state index in [9.17, 15) is 26.4 Å². The highest BCUT2D eigenvalue weighted by Gasteiger charge is 2.36. The van der Waals surface area contributed by atoms with Crippen LogP contribution in [0.4, 0.5) is 13.2 Å². The number of nitrogens with zero attached hydrogens (tertiary/aromatic N) is 2. The quantitative estimate of drug-likeness (QED) is 0.516. The summed E-state index contributed by atoms with van der Waals surface area (Å²) in [7, 11) is -1.59. The number of nitrogens with one attached hydrogen (secondary N) is 1. The highest BCUT2D eigenvalue weighted by molar-refractivity contribution is 7.91. The molecule has 1 aliphatic carbocycles. The molecule has 1 saturated carbocycles. The number of benzene rings is 1. The molecule has 7 nitrogen and oxygen atoms in total. The van der Waals surface area contributed by atoms with Crippen LogP contribution in [0.25, 0.3) is 5.69 Å². The second kappa shape index (κ2) is 11.2. The van der Waals surface area contributed by atoms with Crippen molar-refractivity contribution in [1.29, 1.82) is 0 Å². The van der Waals surface area contributed by atoms with Crippen molar-refractivity contribution in [3.8, 4) is 11.4 Å². The van der Waals surface area contributed by atoms with Crippen LogP contribution in [0, 0.1) is 11.8 Å². The smallest absolute Gasteiger partial charge is 0.391 e. The first-order valence-corrected chi connectivity index (χ1v) is 14.1. The van der Waals surface area contributed by atoms with Gasteiger partial charge in [-0.2, -0.15) is 13.2 Å². The van der Waals surface area contributed by atoms with Crippen molar-refractivity contribution in [2.75, 3.05) is 19.9 Å². The predicted octanol–water partition coefficient (Wildman–Crippen LogP) is 4.52. The van der Waals surface area contributed by atoms with E-state index in [1.54, 1.807) is 29.0 Å². The number of aryl methyl sites for hydroxylation is 1. The number of aromatic nitrogens is 2. The molecule has 1 fully saturated rings. The van der Waals surface area contributed by atoms with Crippen molar-refractivity contribution >= 4 is 15.7 Å². The fourth-order valence-electron chi connectivity index (χ4n) is 4.59.